The summed E-state index contributed by atoms with van der Waals surface area (Å²) in [5.41, 5.74) is 0.205. The molecule has 0 radical (unpaired) electrons. The van der Waals surface area contributed by atoms with Crippen LogP contribution in [0.5, 0.6) is 0 Å². The minimum absolute atomic E-state index is 0. The van der Waals surface area contributed by atoms with Gasteiger partial charge in [0.15, 0.2) is 5.82 Å². The molecule has 2 aromatic heterocycles. The van der Waals surface area contributed by atoms with E-state index in [0.29, 0.717) is 22.7 Å². The van der Waals surface area contributed by atoms with Crippen LogP contribution in [-0.4, -0.2) is 38.7 Å². The summed E-state index contributed by atoms with van der Waals surface area (Å²) in [5.74, 6) is 0.120. The van der Waals surface area contributed by atoms with E-state index in [0.717, 1.165) is 25.9 Å². The molecule has 29 heavy (non-hydrogen) atoms. The van der Waals surface area contributed by atoms with E-state index < -0.39 is 17.3 Å². The second-order valence-electron chi connectivity index (χ2n) is 7.11. The van der Waals surface area contributed by atoms with Crippen LogP contribution in [0.25, 0.3) is 10.9 Å². The number of anilines is 1. The molecule has 0 atom stereocenters. The van der Waals surface area contributed by atoms with Gasteiger partial charge >= 0.3 is 0 Å². The van der Waals surface area contributed by atoms with Crippen molar-refractivity contribution in [1.82, 2.24) is 25.1 Å². The molecule has 1 aliphatic rings. The summed E-state index contributed by atoms with van der Waals surface area (Å²) < 4.78 is 15.7. The van der Waals surface area contributed by atoms with E-state index in [1.807, 2.05) is 0 Å². The number of carbonyl (C=O) groups is 1. The Morgan fingerprint density at radius 1 is 1.28 bits per heavy atom. The summed E-state index contributed by atoms with van der Waals surface area (Å²) in [5, 5.41) is 10.8. The van der Waals surface area contributed by atoms with Gasteiger partial charge in [0.1, 0.15) is 5.82 Å². The van der Waals surface area contributed by atoms with Crippen molar-refractivity contribution < 1.29 is 9.18 Å². The molecular formula is C19H22ClFN6O2. The van der Waals surface area contributed by atoms with Crippen molar-refractivity contribution in [3.05, 3.63) is 51.3 Å². The molecule has 1 amide bonds. The van der Waals surface area contributed by atoms with Crippen LogP contribution in [0.4, 0.5) is 10.3 Å². The van der Waals surface area contributed by atoms with E-state index in [2.05, 4.69) is 25.7 Å². The highest BCUT2D eigenvalue weighted by atomic mass is 35.5. The number of aromatic nitrogens is 4. The number of piperidine rings is 1. The van der Waals surface area contributed by atoms with Gasteiger partial charge in [0.05, 0.1) is 11.1 Å². The first-order valence-corrected chi connectivity index (χ1v) is 9.18. The van der Waals surface area contributed by atoms with Crippen LogP contribution >= 0.6 is 12.4 Å². The maximum absolute atomic E-state index is 14.2. The first-order valence-electron chi connectivity index (χ1n) is 9.18. The second-order valence-corrected chi connectivity index (χ2v) is 7.11. The van der Waals surface area contributed by atoms with Crippen LogP contribution in [-0.2, 0) is 7.05 Å². The number of halogens is 2. The first kappa shape index (κ1) is 20.9. The van der Waals surface area contributed by atoms with E-state index in [1.165, 1.54) is 16.8 Å². The summed E-state index contributed by atoms with van der Waals surface area (Å²) in [6, 6.07) is 4.15. The highest BCUT2D eigenvalue weighted by molar-refractivity contribution is 6.11. The molecule has 0 unspecified atom stereocenters. The molecule has 4 rings (SSSR count). The lowest BCUT2D eigenvalue weighted by Gasteiger charge is -2.19. The van der Waals surface area contributed by atoms with Crippen LogP contribution in [0.3, 0.4) is 0 Å². The van der Waals surface area contributed by atoms with Gasteiger partial charge < -0.3 is 10.3 Å². The summed E-state index contributed by atoms with van der Waals surface area (Å²) >= 11 is 0. The monoisotopic (exact) mass is 420 g/mol. The van der Waals surface area contributed by atoms with Crippen molar-refractivity contribution in [3.63, 3.8) is 0 Å². The number of aryl methyl sites for hydroxylation is 2. The molecule has 3 N–H and O–H groups in total. The molecule has 1 aromatic carbocycles. The average Bonchev–Trinajstić information content (AvgIpc) is 3.03. The number of nitrogens with zero attached hydrogens (tertiary/aromatic N) is 3. The molecule has 1 fully saturated rings. The van der Waals surface area contributed by atoms with Crippen LogP contribution in [0.2, 0.25) is 0 Å². The van der Waals surface area contributed by atoms with E-state index in [-0.39, 0.29) is 29.4 Å². The summed E-state index contributed by atoms with van der Waals surface area (Å²) in [4.78, 5) is 31.7. The molecule has 0 saturated carbocycles. The smallest absolute Gasteiger partial charge is 0.258 e. The highest BCUT2D eigenvalue weighted by Crippen LogP contribution is 2.24. The Kier molecular flexibility index (Phi) is 5.99. The van der Waals surface area contributed by atoms with E-state index >= 15 is 0 Å². The summed E-state index contributed by atoms with van der Waals surface area (Å²) in [6.45, 7) is 3.55. The number of fused-ring (bicyclic) bond motifs is 1. The minimum Gasteiger partial charge on any atom is -0.319 e. The number of hydrogen-bond donors (Lipinski definition) is 3. The van der Waals surface area contributed by atoms with Crippen molar-refractivity contribution in [2.75, 3.05) is 18.4 Å². The van der Waals surface area contributed by atoms with Gasteiger partial charge in [-0.2, -0.15) is 10.1 Å². The average molecular weight is 421 g/mol. The first-order chi connectivity index (χ1) is 13.4. The Bertz CT molecular complexity index is 1120. The Morgan fingerprint density at radius 2 is 2.00 bits per heavy atom. The largest absolute Gasteiger partial charge is 0.319 e. The molecule has 1 aliphatic heterocycles. The number of hydrogen-bond acceptors (Lipinski definition) is 5. The maximum Gasteiger partial charge on any atom is 0.258 e. The van der Waals surface area contributed by atoms with Gasteiger partial charge in [-0.1, -0.05) is 0 Å². The molecule has 154 valence electrons. The Balaban J connectivity index is 0.00000240. The fourth-order valence-corrected chi connectivity index (χ4v) is 3.57. The summed E-state index contributed by atoms with van der Waals surface area (Å²) in [7, 11) is 1.70. The fourth-order valence-electron chi connectivity index (χ4n) is 3.57. The fraction of sp³-hybridized carbons (Fsp3) is 0.368. The topological polar surface area (TPSA) is 105 Å². The highest BCUT2D eigenvalue weighted by Gasteiger charge is 2.22. The number of nitrogens with one attached hydrogen (secondary N) is 3. The van der Waals surface area contributed by atoms with Crippen molar-refractivity contribution in [2.24, 2.45) is 7.05 Å². The molecule has 3 heterocycles. The van der Waals surface area contributed by atoms with Crippen molar-refractivity contribution in [3.8, 4) is 0 Å². The van der Waals surface area contributed by atoms with Crippen LogP contribution in [0.15, 0.2) is 23.0 Å². The molecule has 0 bridgehead atoms. The van der Waals surface area contributed by atoms with Gasteiger partial charge in [-0.25, -0.2) is 9.07 Å². The van der Waals surface area contributed by atoms with E-state index in [4.69, 9.17) is 0 Å². The number of pyridine rings is 1. The lowest BCUT2D eigenvalue weighted by Crippen LogP contribution is -2.27. The van der Waals surface area contributed by atoms with Gasteiger partial charge in [0, 0.05) is 24.4 Å². The van der Waals surface area contributed by atoms with Gasteiger partial charge in [-0.15, -0.1) is 12.4 Å². The predicted molar refractivity (Wildman–Crippen MR) is 110 cm³/mol. The number of carbonyl (C=O) groups excluding carboxylic acids is 1. The van der Waals surface area contributed by atoms with Crippen molar-refractivity contribution in [1.29, 1.82) is 0 Å². The quantitative estimate of drug-likeness (QED) is 0.602. The normalized spacial score (nSPS) is 14.6. The number of benzene rings is 1. The molecule has 3 aromatic rings. The van der Waals surface area contributed by atoms with Gasteiger partial charge in [-0.05, 0) is 50.6 Å². The molecule has 0 aliphatic carbocycles. The zero-order chi connectivity index (χ0) is 19.8. The lowest BCUT2D eigenvalue weighted by atomic mass is 9.98. The Morgan fingerprint density at radius 3 is 2.72 bits per heavy atom. The second kappa shape index (κ2) is 8.30. The Labute approximate surface area is 172 Å². The Hall–Kier alpha value is -2.78. The standard InChI is InChI=1S/C19H21FN6O2.ClH/c1-10-7-12-13(9-15(27)22-16(12)14(20)8-10)18(28)24-19-23-17(25-26(19)2)11-3-5-21-6-4-11;/h7-9,11,21H,3-6H2,1-2H3,(H,22,27)(H,23,24,25,28);1H. The zero-order valence-corrected chi connectivity index (χ0v) is 16.9. The van der Waals surface area contributed by atoms with Crippen LogP contribution in [0, 0.1) is 12.7 Å². The maximum atomic E-state index is 14.2. The third-order valence-corrected chi connectivity index (χ3v) is 5.00. The predicted octanol–water partition coefficient (Wildman–Crippen LogP) is 2.25. The third kappa shape index (κ3) is 4.15. The minimum atomic E-state index is -0.575. The number of aromatic amines is 1. The number of H-pyrrole nitrogens is 1. The van der Waals surface area contributed by atoms with Gasteiger partial charge in [0.2, 0.25) is 11.5 Å². The molecular weight excluding hydrogens is 399 g/mol. The molecule has 1 saturated heterocycles. The van der Waals surface area contributed by atoms with Crippen LogP contribution < -0.4 is 16.2 Å². The van der Waals surface area contributed by atoms with Crippen molar-refractivity contribution in [2.45, 2.75) is 25.7 Å². The van der Waals surface area contributed by atoms with E-state index in [9.17, 15) is 14.0 Å². The lowest BCUT2D eigenvalue weighted by molar-refractivity contribution is 0.102. The third-order valence-electron chi connectivity index (χ3n) is 5.00. The molecule has 0 spiro atoms. The van der Waals surface area contributed by atoms with Gasteiger partial charge in [0.25, 0.3) is 5.91 Å². The van der Waals surface area contributed by atoms with Gasteiger partial charge in [-0.3, -0.25) is 14.9 Å². The SMILES string of the molecule is Cc1cc(F)c2[nH]c(=O)cc(C(=O)Nc3nc(C4CCNCC4)nn3C)c2c1.Cl. The molecule has 8 nitrogen and oxygen atoms in total. The van der Waals surface area contributed by atoms with Crippen molar-refractivity contribution >= 4 is 35.2 Å². The summed E-state index contributed by atoms with van der Waals surface area (Å²) in [6.07, 6.45) is 1.88. The van der Waals surface area contributed by atoms with Crippen LogP contribution in [0.1, 0.15) is 40.5 Å². The number of rotatable bonds is 3. The van der Waals surface area contributed by atoms with E-state index in [1.54, 1.807) is 20.0 Å². The number of amides is 1. The molecule has 10 heteroatoms. The zero-order valence-electron chi connectivity index (χ0n) is 16.1.